The summed E-state index contributed by atoms with van der Waals surface area (Å²) in [5, 5.41) is 8.50. The summed E-state index contributed by atoms with van der Waals surface area (Å²) >= 11 is 0. The maximum absolute atomic E-state index is 11.7. The molecule has 0 aliphatic heterocycles. The van der Waals surface area contributed by atoms with Gasteiger partial charge in [-0.2, -0.15) is 0 Å². The van der Waals surface area contributed by atoms with Crippen LogP contribution < -0.4 is 0 Å². The first-order chi connectivity index (χ1) is 10.1. The first-order valence-corrected chi connectivity index (χ1v) is 8.47. The summed E-state index contributed by atoms with van der Waals surface area (Å²) in [4.78, 5) is 22.0. The molecule has 0 amide bonds. The zero-order valence-electron chi connectivity index (χ0n) is 13.7. The predicted molar refractivity (Wildman–Crippen MR) is 84.2 cm³/mol. The summed E-state index contributed by atoms with van der Waals surface area (Å²) in [6.07, 6.45) is 9.89. The molecule has 0 radical (unpaired) electrons. The summed E-state index contributed by atoms with van der Waals surface area (Å²) < 4.78 is 5.27. The Bertz CT molecular complexity index is 276. The van der Waals surface area contributed by atoms with E-state index in [1.807, 2.05) is 0 Å². The van der Waals surface area contributed by atoms with E-state index in [-0.39, 0.29) is 12.4 Å². The third kappa shape index (κ3) is 13.7. The van der Waals surface area contributed by atoms with Crippen LogP contribution in [0.4, 0.5) is 0 Å². The topological polar surface area (TPSA) is 63.6 Å². The highest BCUT2D eigenvalue weighted by Gasteiger charge is 2.12. The summed E-state index contributed by atoms with van der Waals surface area (Å²) in [6.45, 7) is 4.80. The quantitative estimate of drug-likeness (QED) is 0.377. The molecule has 21 heavy (non-hydrogen) atoms. The summed E-state index contributed by atoms with van der Waals surface area (Å²) in [7, 11) is 0. The number of aliphatic carboxylic acids is 1. The highest BCUT2D eigenvalue weighted by atomic mass is 16.5. The number of carboxylic acid groups (broad SMARTS) is 1. The molecule has 0 saturated heterocycles. The van der Waals surface area contributed by atoms with Gasteiger partial charge in [-0.3, -0.25) is 9.59 Å². The van der Waals surface area contributed by atoms with Crippen molar-refractivity contribution in [3.63, 3.8) is 0 Å². The Kier molecular flexibility index (Phi) is 13.2. The molecule has 1 unspecified atom stereocenters. The van der Waals surface area contributed by atoms with Gasteiger partial charge in [0.15, 0.2) is 0 Å². The van der Waals surface area contributed by atoms with E-state index in [9.17, 15) is 9.59 Å². The number of ether oxygens (including phenoxy) is 1. The summed E-state index contributed by atoms with van der Waals surface area (Å²) in [6, 6.07) is 0. The van der Waals surface area contributed by atoms with E-state index in [1.54, 1.807) is 0 Å². The number of unbranched alkanes of at least 4 members (excludes halogenated alkanes) is 5. The van der Waals surface area contributed by atoms with E-state index < -0.39 is 5.97 Å². The third-order valence-electron chi connectivity index (χ3n) is 3.80. The van der Waals surface area contributed by atoms with Crippen molar-refractivity contribution in [3.05, 3.63) is 0 Å². The average Bonchev–Trinajstić information content (AvgIpc) is 2.45. The van der Waals surface area contributed by atoms with Crippen molar-refractivity contribution < 1.29 is 19.4 Å². The minimum Gasteiger partial charge on any atom is -0.481 e. The van der Waals surface area contributed by atoms with Gasteiger partial charge in [0.05, 0.1) is 6.61 Å². The van der Waals surface area contributed by atoms with Crippen LogP contribution in [0, 0.1) is 5.92 Å². The van der Waals surface area contributed by atoms with Crippen LogP contribution in [0.3, 0.4) is 0 Å². The molecule has 0 aromatic carbocycles. The molecule has 0 bridgehead atoms. The Morgan fingerprint density at radius 1 is 1.00 bits per heavy atom. The summed E-state index contributed by atoms with van der Waals surface area (Å²) in [5.74, 6) is -0.324. The first kappa shape index (κ1) is 19.9. The minimum atomic E-state index is -0.725. The van der Waals surface area contributed by atoms with Gasteiger partial charge in [0.2, 0.25) is 0 Å². The molecule has 1 N–H and O–H groups in total. The van der Waals surface area contributed by atoms with Crippen LogP contribution in [0.5, 0.6) is 0 Å². The van der Waals surface area contributed by atoms with Crippen molar-refractivity contribution in [2.45, 2.75) is 84.5 Å². The number of carbonyl (C=O) groups is 2. The van der Waals surface area contributed by atoms with Crippen molar-refractivity contribution in [2.75, 3.05) is 6.61 Å². The number of hydrogen-bond acceptors (Lipinski definition) is 3. The van der Waals surface area contributed by atoms with Gasteiger partial charge < -0.3 is 9.84 Å². The molecular weight excluding hydrogens is 268 g/mol. The highest BCUT2D eigenvalue weighted by molar-refractivity contribution is 5.69. The van der Waals surface area contributed by atoms with Gasteiger partial charge in [-0.15, -0.1) is 0 Å². The van der Waals surface area contributed by atoms with Gasteiger partial charge in [-0.25, -0.2) is 0 Å². The molecule has 4 nitrogen and oxygen atoms in total. The first-order valence-electron chi connectivity index (χ1n) is 8.47. The Labute approximate surface area is 129 Å². The molecule has 0 aliphatic carbocycles. The van der Waals surface area contributed by atoms with Gasteiger partial charge in [-0.1, -0.05) is 52.4 Å². The fourth-order valence-electron chi connectivity index (χ4n) is 2.33. The van der Waals surface area contributed by atoms with Gasteiger partial charge >= 0.3 is 11.9 Å². The smallest absolute Gasteiger partial charge is 0.306 e. The SMILES string of the molecule is CCCCC(CC)CC(=O)OCCCCCCCC(=O)O. The predicted octanol–water partition coefficient (Wildman–Crippen LogP) is 4.56. The Hall–Kier alpha value is -1.06. The maximum Gasteiger partial charge on any atom is 0.306 e. The second-order valence-electron chi connectivity index (χ2n) is 5.75. The maximum atomic E-state index is 11.7. The second kappa shape index (κ2) is 13.9. The minimum absolute atomic E-state index is 0.0659. The lowest BCUT2D eigenvalue weighted by Crippen LogP contribution is -2.12. The van der Waals surface area contributed by atoms with Crippen LogP contribution in [0.1, 0.15) is 84.5 Å². The van der Waals surface area contributed by atoms with E-state index in [0.29, 0.717) is 18.9 Å². The van der Waals surface area contributed by atoms with Gasteiger partial charge in [0, 0.05) is 12.8 Å². The fourth-order valence-corrected chi connectivity index (χ4v) is 2.33. The van der Waals surface area contributed by atoms with E-state index in [2.05, 4.69) is 13.8 Å². The van der Waals surface area contributed by atoms with Crippen LogP contribution in [0.2, 0.25) is 0 Å². The zero-order chi connectivity index (χ0) is 15.9. The van der Waals surface area contributed by atoms with Crippen molar-refractivity contribution >= 4 is 11.9 Å². The molecule has 0 saturated carbocycles. The standard InChI is InChI=1S/C17H32O4/c1-3-5-11-15(4-2)14-17(20)21-13-10-8-6-7-9-12-16(18)19/h15H,3-14H2,1-2H3,(H,18,19). The Morgan fingerprint density at radius 3 is 2.29 bits per heavy atom. The number of esters is 1. The van der Waals surface area contributed by atoms with Gasteiger partial charge in [0.25, 0.3) is 0 Å². The molecule has 0 aromatic heterocycles. The lowest BCUT2D eigenvalue weighted by Gasteiger charge is -2.13. The number of rotatable bonds is 14. The average molecular weight is 300 g/mol. The zero-order valence-corrected chi connectivity index (χ0v) is 13.7. The lowest BCUT2D eigenvalue weighted by molar-refractivity contribution is -0.145. The fraction of sp³-hybridized carbons (Fsp3) is 0.882. The number of carbonyl (C=O) groups excluding carboxylic acids is 1. The van der Waals surface area contributed by atoms with Crippen LogP contribution >= 0.6 is 0 Å². The lowest BCUT2D eigenvalue weighted by atomic mass is 9.96. The second-order valence-corrected chi connectivity index (χ2v) is 5.75. The molecule has 4 heteroatoms. The van der Waals surface area contributed by atoms with E-state index in [4.69, 9.17) is 9.84 Å². The molecule has 0 aromatic rings. The molecule has 0 fully saturated rings. The van der Waals surface area contributed by atoms with Gasteiger partial charge in [-0.05, 0) is 25.2 Å². The van der Waals surface area contributed by atoms with Crippen molar-refractivity contribution in [2.24, 2.45) is 5.92 Å². The monoisotopic (exact) mass is 300 g/mol. The van der Waals surface area contributed by atoms with E-state index in [1.165, 1.54) is 12.8 Å². The van der Waals surface area contributed by atoms with Crippen molar-refractivity contribution in [3.8, 4) is 0 Å². The number of carboxylic acids is 1. The van der Waals surface area contributed by atoms with Crippen LogP contribution in [-0.2, 0) is 14.3 Å². The van der Waals surface area contributed by atoms with E-state index in [0.717, 1.165) is 44.9 Å². The molecule has 0 rings (SSSR count). The normalized spacial score (nSPS) is 12.1. The Balaban J connectivity index is 3.46. The number of hydrogen-bond donors (Lipinski definition) is 1. The van der Waals surface area contributed by atoms with Crippen molar-refractivity contribution in [1.29, 1.82) is 0 Å². The molecule has 124 valence electrons. The highest BCUT2D eigenvalue weighted by Crippen LogP contribution is 2.17. The van der Waals surface area contributed by atoms with Crippen LogP contribution in [0.15, 0.2) is 0 Å². The van der Waals surface area contributed by atoms with Crippen molar-refractivity contribution in [1.82, 2.24) is 0 Å². The van der Waals surface area contributed by atoms with Crippen LogP contribution in [-0.4, -0.2) is 23.7 Å². The largest absolute Gasteiger partial charge is 0.481 e. The summed E-state index contributed by atoms with van der Waals surface area (Å²) in [5.41, 5.74) is 0. The molecule has 0 aliphatic rings. The Morgan fingerprint density at radius 2 is 1.67 bits per heavy atom. The third-order valence-corrected chi connectivity index (χ3v) is 3.80. The molecule has 0 spiro atoms. The molecule has 0 heterocycles. The molecular formula is C17H32O4. The van der Waals surface area contributed by atoms with E-state index >= 15 is 0 Å². The molecule has 1 atom stereocenters. The van der Waals surface area contributed by atoms with Gasteiger partial charge in [0.1, 0.15) is 0 Å². The van der Waals surface area contributed by atoms with Crippen LogP contribution in [0.25, 0.3) is 0 Å².